The quantitative estimate of drug-likeness (QED) is 0.782. The van der Waals surface area contributed by atoms with Crippen LogP contribution in [-0.2, 0) is 14.3 Å². The molecule has 1 aromatic rings. The monoisotopic (exact) mass is 350 g/mol. The van der Waals surface area contributed by atoms with Crippen molar-refractivity contribution in [1.82, 2.24) is 4.90 Å². The molecule has 3 N–H and O–H groups in total. The van der Waals surface area contributed by atoms with Crippen LogP contribution in [0.2, 0.25) is 0 Å². The number of nitrogens with two attached hydrogens (primary N) is 1. The summed E-state index contributed by atoms with van der Waals surface area (Å²) >= 11 is 0. The second-order valence-corrected chi connectivity index (χ2v) is 6.40. The lowest BCUT2D eigenvalue weighted by atomic mass is 10.2. The first-order valence-corrected chi connectivity index (χ1v) is 8.41. The largest absolute Gasteiger partial charge is 0.370 e. The number of ether oxygens (including phenoxy) is 1. The predicted octanol–water partition coefficient (Wildman–Crippen LogP) is 0.549. The molecule has 1 saturated carbocycles. The fraction of sp³-hybridized carbons (Fsp3) is 0.529. The van der Waals surface area contributed by atoms with Gasteiger partial charge in [0.15, 0.2) is 0 Å². The summed E-state index contributed by atoms with van der Waals surface area (Å²) in [5.74, 6) is -1.13. The van der Waals surface area contributed by atoms with Crippen LogP contribution in [0.4, 0.5) is 15.8 Å². The number of carbonyl (C=O) groups is 2. The van der Waals surface area contributed by atoms with E-state index >= 15 is 0 Å². The SMILES string of the molecule is CN(C1CC1)[C@H](CN)C(=O)Nc1ccc(N2CCOCC2=O)cc1F. The molecule has 3 rings (SSSR count). The Bertz CT molecular complexity index is 665. The molecule has 1 aliphatic carbocycles. The van der Waals surface area contributed by atoms with Gasteiger partial charge in [0.05, 0.1) is 12.3 Å². The first-order chi connectivity index (χ1) is 12.0. The topological polar surface area (TPSA) is 87.9 Å². The number of carbonyl (C=O) groups excluding carboxylic acids is 2. The summed E-state index contributed by atoms with van der Waals surface area (Å²) in [6, 6.07) is 4.21. The van der Waals surface area contributed by atoms with E-state index in [9.17, 15) is 14.0 Å². The van der Waals surface area contributed by atoms with Crippen LogP contribution in [0, 0.1) is 5.82 Å². The average molecular weight is 350 g/mol. The van der Waals surface area contributed by atoms with Gasteiger partial charge in [-0.3, -0.25) is 14.5 Å². The van der Waals surface area contributed by atoms with Gasteiger partial charge in [0, 0.05) is 24.8 Å². The standard InChI is InChI=1S/C17H23FN4O3/c1-21(11-2-3-11)15(9-19)17(24)20-14-5-4-12(8-13(14)18)22-6-7-25-10-16(22)23/h4-5,8,11,15H,2-3,6-7,9-10,19H2,1H3,(H,20,24)/t15-/m1/s1. The Morgan fingerprint density at radius 1 is 1.52 bits per heavy atom. The molecule has 8 heteroatoms. The highest BCUT2D eigenvalue weighted by atomic mass is 19.1. The number of anilines is 2. The van der Waals surface area contributed by atoms with Crippen LogP contribution < -0.4 is 16.0 Å². The van der Waals surface area contributed by atoms with Crippen LogP contribution in [0.5, 0.6) is 0 Å². The zero-order valence-electron chi connectivity index (χ0n) is 14.2. The molecule has 0 unspecified atom stereocenters. The van der Waals surface area contributed by atoms with Crippen molar-refractivity contribution < 1.29 is 18.7 Å². The molecule has 0 spiro atoms. The van der Waals surface area contributed by atoms with Gasteiger partial charge in [-0.25, -0.2) is 4.39 Å². The first-order valence-electron chi connectivity index (χ1n) is 8.41. The molecule has 1 aromatic carbocycles. The fourth-order valence-corrected chi connectivity index (χ4v) is 2.97. The van der Waals surface area contributed by atoms with Gasteiger partial charge in [0.2, 0.25) is 5.91 Å². The Labute approximate surface area is 145 Å². The molecular formula is C17H23FN4O3. The molecule has 1 saturated heterocycles. The summed E-state index contributed by atoms with van der Waals surface area (Å²) in [5, 5.41) is 2.60. The Hall–Kier alpha value is -2.03. The van der Waals surface area contributed by atoms with Crippen molar-refractivity contribution in [2.75, 3.05) is 43.6 Å². The number of morpholine rings is 1. The van der Waals surface area contributed by atoms with Gasteiger partial charge >= 0.3 is 0 Å². The van der Waals surface area contributed by atoms with E-state index in [0.717, 1.165) is 12.8 Å². The predicted molar refractivity (Wildman–Crippen MR) is 91.8 cm³/mol. The summed E-state index contributed by atoms with van der Waals surface area (Å²) in [4.78, 5) is 27.7. The van der Waals surface area contributed by atoms with E-state index in [-0.39, 0.29) is 30.7 Å². The summed E-state index contributed by atoms with van der Waals surface area (Å²) in [5.41, 5.74) is 6.25. The van der Waals surface area contributed by atoms with Crippen LogP contribution in [0.25, 0.3) is 0 Å². The molecule has 1 heterocycles. The Balaban J connectivity index is 1.70. The molecule has 0 bridgehead atoms. The van der Waals surface area contributed by atoms with Crippen molar-refractivity contribution in [3.05, 3.63) is 24.0 Å². The van der Waals surface area contributed by atoms with E-state index < -0.39 is 11.9 Å². The van der Waals surface area contributed by atoms with E-state index in [2.05, 4.69) is 5.32 Å². The molecule has 25 heavy (non-hydrogen) atoms. The number of rotatable bonds is 6. The summed E-state index contributed by atoms with van der Waals surface area (Å²) < 4.78 is 19.5. The highest BCUT2D eigenvalue weighted by Crippen LogP contribution is 2.28. The van der Waals surface area contributed by atoms with Crippen molar-refractivity contribution >= 4 is 23.2 Å². The lowest BCUT2D eigenvalue weighted by Crippen LogP contribution is -2.47. The molecule has 2 amide bonds. The molecule has 0 radical (unpaired) electrons. The number of hydrogen-bond donors (Lipinski definition) is 2. The maximum Gasteiger partial charge on any atom is 0.253 e. The van der Waals surface area contributed by atoms with Gasteiger partial charge in [-0.15, -0.1) is 0 Å². The van der Waals surface area contributed by atoms with Gasteiger partial charge in [0.25, 0.3) is 5.91 Å². The van der Waals surface area contributed by atoms with E-state index in [1.165, 1.54) is 17.0 Å². The normalized spacial score (nSPS) is 19.2. The van der Waals surface area contributed by atoms with Crippen molar-refractivity contribution in [2.45, 2.75) is 24.9 Å². The third-order valence-electron chi connectivity index (χ3n) is 4.65. The number of halogens is 1. The molecule has 1 aliphatic heterocycles. The minimum Gasteiger partial charge on any atom is -0.370 e. The maximum atomic E-state index is 14.4. The minimum absolute atomic E-state index is 0.00815. The van der Waals surface area contributed by atoms with Crippen molar-refractivity contribution in [3.8, 4) is 0 Å². The Morgan fingerprint density at radius 2 is 2.28 bits per heavy atom. The van der Waals surface area contributed by atoms with E-state index in [1.54, 1.807) is 6.07 Å². The molecule has 2 fully saturated rings. The number of benzene rings is 1. The highest BCUT2D eigenvalue weighted by Gasteiger charge is 2.34. The minimum atomic E-state index is -0.588. The van der Waals surface area contributed by atoms with Crippen molar-refractivity contribution in [2.24, 2.45) is 5.73 Å². The van der Waals surface area contributed by atoms with E-state index in [4.69, 9.17) is 10.5 Å². The molecule has 2 aliphatic rings. The van der Waals surface area contributed by atoms with Crippen LogP contribution in [0.3, 0.4) is 0 Å². The molecular weight excluding hydrogens is 327 g/mol. The number of nitrogens with one attached hydrogen (secondary N) is 1. The zero-order chi connectivity index (χ0) is 18.0. The van der Waals surface area contributed by atoms with Gasteiger partial charge < -0.3 is 20.7 Å². The average Bonchev–Trinajstić information content (AvgIpc) is 3.43. The lowest BCUT2D eigenvalue weighted by Gasteiger charge is -2.27. The second kappa shape index (κ2) is 7.47. The highest BCUT2D eigenvalue weighted by molar-refractivity contribution is 5.97. The van der Waals surface area contributed by atoms with Gasteiger partial charge in [-0.2, -0.15) is 0 Å². The van der Waals surface area contributed by atoms with Gasteiger partial charge in [0.1, 0.15) is 18.5 Å². The summed E-state index contributed by atoms with van der Waals surface area (Å²) in [6.45, 7) is 0.954. The van der Waals surface area contributed by atoms with Crippen LogP contribution in [0.15, 0.2) is 18.2 Å². The third kappa shape index (κ3) is 3.97. The summed E-state index contributed by atoms with van der Waals surface area (Å²) in [7, 11) is 1.86. The smallest absolute Gasteiger partial charge is 0.253 e. The third-order valence-corrected chi connectivity index (χ3v) is 4.65. The molecule has 7 nitrogen and oxygen atoms in total. The number of amides is 2. The molecule has 1 atom stereocenters. The molecule has 0 aromatic heterocycles. The van der Waals surface area contributed by atoms with Crippen molar-refractivity contribution in [3.63, 3.8) is 0 Å². The Kier molecular flexibility index (Phi) is 5.31. The lowest BCUT2D eigenvalue weighted by molar-refractivity contribution is -0.125. The molecule has 136 valence electrons. The van der Waals surface area contributed by atoms with Crippen LogP contribution in [-0.4, -0.2) is 62.1 Å². The zero-order valence-corrected chi connectivity index (χ0v) is 14.2. The fourth-order valence-electron chi connectivity index (χ4n) is 2.97. The maximum absolute atomic E-state index is 14.4. The second-order valence-electron chi connectivity index (χ2n) is 6.40. The Morgan fingerprint density at radius 3 is 2.88 bits per heavy atom. The van der Waals surface area contributed by atoms with Gasteiger partial charge in [-0.05, 0) is 38.1 Å². The van der Waals surface area contributed by atoms with Gasteiger partial charge in [-0.1, -0.05) is 0 Å². The number of likely N-dealkylation sites (N-methyl/N-ethyl adjacent to an activating group) is 1. The van der Waals surface area contributed by atoms with Crippen LogP contribution in [0.1, 0.15) is 12.8 Å². The number of nitrogens with zero attached hydrogens (tertiary/aromatic N) is 2. The van der Waals surface area contributed by atoms with Crippen LogP contribution >= 0.6 is 0 Å². The number of hydrogen-bond acceptors (Lipinski definition) is 5. The van der Waals surface area contributed by atoms with E-state index in [0.29, 0.717) is 24.9 Å². The first kappa shape index (κ1) is 17.8. The summed E-state index contributed by atoms with van der Waals surface area (Å²) in [6.07, 6.45) is 2.10. The van der Waals surface area contributed by atoms with Crippen molar-refractivity contribution in [1.29, 1.82) is 0 Å². The van der Waals surface area contributed by atoms with E-state index in [1.807, 2.05) is 11.9 Å².